The number of aryl methyl sites for hydroxylation is 1. The van der Waals surface area contributed by atoms with Gasteiger partial charge in [-0.05, 0) is 95.0 Å². The largest absolute Gasteiger partial charge is 0.492 e. The number of hydrogen-bond acceptors (Lipinski definition) is 4. The Morgan fingerprint density at radius 1 is 1.13 bits per heavy atom. The van der Waals surface area contributed by atoms with E-state index < -0.39 is 5.97 Å². The van der Waals surface area contributed by atoms with Gasteiger partial charge in [0.05, 0.1) is 16.7 Å². The first kappa shape index (κ1) is 29.3. The summed E-state index contributed by atoms with van der Waals surface area (Å²) < 4.78 is 19.6. The average Bonchev–Trinajstić information content (AvgIpc) is 3.78. The lowest BCUT2D eigenvalue weighted by Gasteiger charge is -2.19. The summed E-state index contributed by atoms with van der Waals surface area (Å²) in [5.74, 6) is -0.678. The van der Waals surface area contributed by atoms with Crippen LogP contribution in [0.25, 0.3) is 5.57 Å². The Morgan fingerprint density at radius 2 is 1.90 bits per heavy atom. The van der Waals surface area contributed by atoms with Crippen LogP contribution in [0.2, 0.25) is 5.02 Å². The molecule has 1 fully saturated rings. The van der Waals surface area contributed by atoms with E-state index in [9.17, 15) is 14.3 Å². The van der Waals surface area contributed by atoms with Crippen molar-refractivity contribution in [3.8, 4) is 5.75 Å². The van der Waals surface area contributed by atoms with Gasteiger partial charge < -0.3 is 20.5 Å². The van der Waals surface area contributed by atoms with Crippen LogP contribution in [0.4, 0.5) is 4.39 Å². The second-order valence-corrected chi connectivity index (χ2v) is 10.9. The molecule has 3 N–H and O–H groups in total. The summed E-state index contributed by atoms with van der Waals surface area (Å²) in [6.45, 7) is 2.59. The highest BCUT2D eigenvalue weighted by Gasteiger charge is 2.20. The van der Waals surface area contributed by atoms with Crippen LogP contribution in [0, 0.1) is 5.82 Å². The topological polar surface area (TPSA) is 70.6 Å². The Bertz CT molecular complexity index is 1300. The summed E-state index contributed by atoms with van der Waals surface area (Å²) in [5, 5.41) is 16.8. The molecule has 206 valence electrons. The van der Waals surface area contributed by atoms with Crippen LogP contribution in [0.5, 0.6) is 5.75 Å². The molecule has 5 nitrogen and oxygen atoms in total. The highest BCUT2D eigenvalue weighted by molar-refractivity contribution is 9.10. The van der Waals surface area contributed by atoms with Gasteiger partial charge in [0, 0.05) is 30.2 Å². The third-order valence-electron chi connectivity index (χ3n) is 6.66. The zero-order chi connectivity index (χ0) is 27.6. The smallest absolute Gasteiger partial charge is 0.333 e. The van der Waals surface area contributed by atoms with Crippen LogP contribution in [-0.2, 0) is 17.8 Å². The molecule has 1 heterocycles. The lowest BCUT2D eigenvalue weighted by atomic mass is 9.93. The van der Waals surface area contributed by atoms with Crippen LogP contribution < -0.4 is 15.4 Å². The van der Waals surface area contributed by atoms with Crippen LogP contribution in [-0.4, -0.2) is 36.8 Å². The number of carboxylic acid groups (broad SMARTS) is 1. The minimum atomic E-state index is -0.859. The molecule has 5 rings (SSSR count). The standard InChI is InChI=1S/C21H21BrFNO3.C10H12ClN/c22-19-8-7-16(23)12-20(19)27-11-1-2-14-3-5-15(6-4-14)17-9-10-24-13-18(17)21(25)26;11-10-4-2-1-3-8(10)7-12-9-5-6-9/h3-8,12,24H,1-2,9-11,13H2,(H,25,26);1-4,9,12H,5-7H2. The lowest BCUT2D eigenvalue weighted by molar-refractivity contribution is -0.132. The summed E-state index contributed by atoms with van der Waals surface area (Å²) >= 11 is 9.33. The first-order valence-electron chi connectivity index (χ1n) is 13.2. The average molecular weight is 616 g/mol. The maximum Gasteiger partial charge on any atom is 0.333 e. The first-order valence-corrected chi connectivity index (χ1v) is 14.4. The molecule has 3 aromatic carbocycles. The summed E-state index contributed by atoms with van der Waals surface area (Å²) in [6, 6.07) is 21.2. The van der Waals surface area contributed by atoms with Crippen LogP contribution in [0.15, 0.2) is 76.8 Å². The molecular weight excluding hydrogens is 583 g/mol. The van der Waals surface area contributed by atoms with Crippen molar-refractivity contribution in [2.24, 2.45) is 0 Å². The van der Waals surface area contributed by atoms with E-state index in [-0.39, 0.29) is 5.82 Å². The highest BCUT2D eigenvalue weighted by Crippen LogP contribution is 2.27. The van der Waals surface area contributed by atoms with Gasteiger partial charge in [0.25, 0.3) is 0 Å². The van der Waals surface area contributed by atoms with E-state index in [0.717, 1.165) is 64.6 Å². The van der Waals surface area contributed by atoms with E-state index in [2.05, 4.69) is 32.6 Å². The number of benzene rings is 3. The predicted octanol–water partition coefficient (Wildman–Crippen LogP) is 7.02. The molecule has 0 unspecified atom stereocenters. The second kappa shape index (κ2) is 14.6. The van der Waals surface area contributed by atoms with Gasteiger partial charge in [0.2, 0.25) is 0 Å². The van der Waals surface area contributed by atoms with Gasteiger partial charge in [0.15, 0.2) is 0 Å². The molecule has 0 spiro atoms. The van der Waals surface area contributed by atoms with Gasteiger partial charge >= 0.3 is 5.97 Å². The minimum absolute atomic E-state index is 0.322. The molecule has 1 aliphatic carbocycles. The molecule has 1 aliphatic heterocycles. The van der Waals surface area contributed by atoms with E-state index in [1.165, 1.54) is 30.5 Å². The Kier molecular flexibility index (Phi) is 11.0. The van der Waals surface area contributed by atoms with Gasteiger partial charge in [-0.2, -0.15) is 0 Å². The maximum absolute atomic E-state index is 13.2. The number of aliphatic carboxylic acids is 1. The summed E-state index contributed by atoms with van der Waals surface area (Å²) in [6.07, 6.45) is 5.00. The molecule has 0 aromatic heterocycles. The molecule has 3 aromatic rings. The minimum Gasteiger partial charge on any atom is -0.492 e. The van der Waals surface area contributed by atoms with Crippen LogP contribution in [0.1, 0.15) is 42.4 Å². The highest BCUT2D eigenvalue weighted by atomic mass is 79.9. The number of nitrogens with one attached hydrogen (secondary N) is 2. The van der Waals surface area contributed by atoms with Crippen LogP contribution in [0.3, 0.4) is 0 Å². The Balaban J connectivity index is 0.000000243. The van der Waals surface area contributed by atoms with Crippen molar-refractivity contribution in [3.05, 3.63) is 104 Å². The Hall–Kier alpha value is -2.71. The molecule has 0 bridgehead atoms. The quantitative estimate of drug-likeness (QED) is 0.214. The van der Waals surface area contributed by atoms with Crippen molar-refractivity contribution in [3.63, 3.8) is 0 Å². The van der Waals surface area contributed by atoms with E-state index in [4.69, 9.17) is 16.3 Å². The molecule has 0 amide bonds. The fourth-order valence-corrected chi connectivity index (χ4v) is 4.87. The van der Waals surface area contributed by atoms with Crippen molar-refractivity contribution >= 4 is 39.1 Å². The van der Waals surface area contributed by atoms with Crippen molar-refractivity contribution < 1.29 is 19.0 Å². The molecule has 0 radical (unpaired) electrons. The number of ether oxygens (including phenoxy) is 1. The first-order chi connectivity index (χ1) is 18.9. The molecule has 1 saturated carbocycles. The fourth-order valence-electron chi connectivity index (χ4n) is 4.31. The maximum atomic E-state index is 13.2. The SMILES string of the molecule is Clc1ccccc1CNC1CC1.O=C(O)C1=C(c2ccc(CCCOc3cc(F)ccc3Br)cc2)CCNC1. The zero-order valence-electron chi connectivity index (χ0n) is 21.7. The predicted molar refractivity (Wildman–Crippen MR) is 158 cm³/mol. The zero-order valence-corrected chi connectivity index (χ0v) is 24.0. The second-order valence-electron chi connectivity index (χ2n) is 9.66. The van der Waals surface area contributed by atoms with Gasteiger partial charge in [-0.25, -0.2) is 9.18 Å². The van der Waals surface area contributed by atoms with Gasteiger partial charge in [-0.15, -0.1) is 0 Å². The van der Waals surface area contributed by atoms with Gasteiger partial charge in [-0.3, -0.25) is 0 Å². The number of halogens is 3. The number of carboxylic acids is 1. The van der Waals surface area contributed by atoms with E-state index >= 15 is 0 Å². The lowest BCUT2D eigenvalue weighted by Crippen LogP contribution is -2.28. The van der Waals surface area contributed by atoms with Crippen molar-refractivity contribution in [1.29, 1.82) is 0 Å². The van der Waals surface area contributed by atoms with E-state index in [1.54, 1.807) is 6.07 Å². The molecule has 2 aliphatic rings. The Morgan fingerprint density at radius 3 is 2.62 bits per heavy atom. The fraction of sp³-hybridized carbons (Fsp3) is 0.323. The monoisotopic (exact) mass is 614 g/mol. The number of hydrogen-bond donors (Lipinski definition) is 3. The third kappa shape index (κ3) is 9.17. The molecule has 39 heavy (non-hydrogen) atoms. The van der Waals surface area contributed by atoms with Crippen LogP contribution >= 0.6 is 27.5 Å². The molecule has 0 atom stereocenters. The van der Waals surface area contributed by atoms with Crippen molar-refractivity contribution in [1.82, 2.24) is 10.6 Å². The summed E-state index contributed by atoms with van der Waals surface area (Å²) in [5.41, 5.74) is 4.69. The molecule has 8 heteroatoms. The number of rotatable bonds is 10. The summed E-state index contributed by atoms with van der Waals surface area (Å²) in [7, 11) is 0. The summed E-state index contributed by atoms with van der Waals surface area (Å²) in [4.78, 5) is 11.4. The van der Waals surface area contributed by atoms with E-state index in [0.29, 0.717) is 24.5 Å². The van der Waals surface area contributed by atoms with Gasteiger partial charge in [0.1, 0.15) is 11.6 Å². The normalized spacial score (nSPS) is 14.9. The third-order valence-corrected chi connectivity index (χ3v) is 7.68. The Labute approximate surface area is 242 Å². The van der Waals surface area contributed by atoms with Crippen molar-refractivity contribution in [2.45, 2.75) is 44.7 Å². The van der Waals surface area contributed by atoms with E-state index in [1.807, 2.05) is 42.5 Å². The molecular formula is C31H33BrClFN2O3. The van der Waals surface area contributed by atoms with Crippen molar-refractivity contribution in [2.75, 3.05) is 19.7 Å². The van der Waals surface area contributed by atoms with Gasteiger partial charge in [-0.1, -0.05) is 54.1 Å². The number of carbonyl (C=O) groups is 1. The molecule has 0 saturated heterocycles.